The number of anilines is 1. The zero-order chi connectivity index (χ0) is 21.7. The number of rotatable bonds is 7. The Labute approximate surface area is 186 Å². The molecule has 3 aromatic rings. The van der Waals surface area contributed by atoms with Gasteiger partial charge in [-0.3, -0.25) is 4.79 Å². The van der Waals surface area contributed by atoms with Crippen LogP contribution in [0.4, 0.5) is 5.69 Å². The number of hydrogen-bond acceptors (Lipinski definition) is 4. The standard InChI is InChI=1S/C23H22ClNO3S2/c1-3-18-6-10-20(11-7-18)25(30(27,28)22-14-4-17(2)5-15-22)23(26)16-29-21-12-8-19(24)9-13-21/h4-15H,3,16H2,1-2H3. The summed E-state index contributed by atoms with van der Waals surface area (Å²) in [5.74, 6) is -0.540. The normalized spacial score (nSPS) is 11.3. The summed E-state index contributed by atoms with van der Waals surface area (Å²) >= 11 is 7.17. The first-order valence-electron chi connectivity index (χ1n) is 9.43. The van der Waals surface area contributed by atoms with Crippen LogP contribution in [-0.2, 0) is 21.2 Å². The zero-order valence-electron chi connectivity index (χ0n) is 16.7. The Morgan fingerprint density at radius 2 is 1.53 bits per heavy atom. The molecule has 0 saturated heterocycles. The maximum atomic E-state index is 13.4. The molecule has 0 N–H and O–H groups in total. The monoisotopic (exact) mass is 459 g/mol. The highest BCUT2D eigenvalue weighted by atomic mass is 35.5. The van der Waals surface area contributed by atoms with Crippen LogP contribution in [0.2, 0.25) is 5.02 Å². The van der Waals surface area contributed by atoms with Gasteiger partial charge in [-0.05, 0) is 67.4 Å². The van der Waals surface area contributed by atoms with Crippen LogP contribution < -0.4 is 4.31 Å². The highest BCUT2D eigenvalue weighted by molar-refractivity contribution is 8.00. The molecule has 0 atom stereocenters. The fourth-order valence-electron chi connectivity index (χ4n) is 2.83. The summed E-state index contributed by atoms with van der Waals surface area (Å²) in [6, 6.07) is 20.6. The number of carbonyl (C=O) groups is 1. The summed E-state index contributed by atoms with van der Waals surface area (Å²) in [5.41, 5.74) is 2.33. The number of nitrogens with zero attached hydrogens (tertiary/aromatic N) is 1. The van der Waals surface area contributed by atoms with Gasteiger partial charge in [-0.15, -0.1) is 11.8 Å². The smallest absolute Gasteiger partial charge is 0.270 e. The van der Waals surface area contributed by atoms with Crippen molar-refractivity contribution >= 4 is 45.0 Å². The van der Waals surface area contributed by atoms with E-state index >= 15 is 0 Å². The largest absolute Gasteiger partial charge is 0.272 e. The molecule has 0 spiro atoms. The van der Waals surface area contributed by atoms with Gasteiger partial charge in [0.25, 0.3) is 15.9 Å². The average molecular weight is 460 g/mol. The summed E-state index contributed by atoms with van der Waals surface area (Å²) in [5, 5.41) is 0.602. The molecule has 0 unspecified atom stereocenters. The molecule has 1 amide bonds. The van der Waals surface area contributed by atoms with Gasteiger partial charge in [0.1, 0.15) is 0 Å². The van der Waals surface area contributed by atoms with Crippen molar-refractivity contribution in [3.8, 4) is 0 Å². The lowest BCUT2D eigenvalue weighted by atomic mass is 10.1. The predicted molar refractivity (Wildman–Crippen MR) is 124 cm³/mol. The first-order chi connectivity index (χ1) is 14.3. The van der Waals surface area contributed by atoms with E-state index in [-0.39, 0.29) is 10.6 Å². The lowest BCUT2D eigenvalue weighted by Crippen LogP contribution is -2.38. The van der Waals surface area contributed by atoms with Gasteiger partial charge in [0.15, 0.2) is 0 Å². The number of carbonyl (C=O) groups excluding carboxylic acids is 1. The minimum absolute atomic E-state index is 0.0255. The number of hydrogen-bond donors (Lipinski definition) is 0. The Kier molecular flexibility index (Phi) is 7.23. The molecule has 0 aromatic heterocycles. The van der Waals surface area contributed by atoms with Crippen molar-refractivity contribution in [2.75, 3.05) is 10.1 Å². The first-order valence-corrected chi connectivity index (χ1v) is 12.2. The lowest BCUT2D eigenvalue weighted by molar-refractivity contribution is -0.115. The molecule has 3 rings (SSSR count). The molecule has 0 radical (unpaired) electrons. The van der Waals surface area contributed by atoms with E-state index in [0.29, 0.717) is 10.7 Å². The van der Waals surface area contributed by atoms with Gasteiger partial charge >= 0.3 is 0 Å². The average Bonchev–Trinajstić information content (AvgIpc) is 2.74. The van der Waals surface area contributed by atoms with Crippen LogP contribution in [0.5, 0.6) is 0 Å². The third kappa shape index (κ3) is 5.25. The molecule has 156 valence electrons. The van der Waals surface area contributed by atoms with E-state index in [2.05, 4.69) is 0 Å². The van der Waals surface area contributed by atoms with Crippen molar-refractivity contribution in [3.05, 3.63) is 88.9 Å². The molecule has 30 heavy (non-hydrogen) atoms. The second-order valence-corrected chi connectivity index (χ2v) is 10.0. The van der Waals surface area contributed by atoms with E-state index in [1.807, 2.05) is 26.0 Å². The number of thioether (sulfide) groups is 1. The summed E-state index contributed by atoms with van der Waals surface area (Å²) in [6.45, 7) is 3.90. The van der Waals surface area contributed by atoms with Crippen LogP contribution in [0.25, 0.3) is 0 Å². The minimum Gasteiger partial charge on any atom is -0.272 e. The van der Waals surface area contributed by atoms with Crippen LogP contribution in [-0.4, -0.2) is 20.1 Å². The van der Waals surface area contributed by atoms with E-state index < -0.39 is 15.9 Å². The van der Waals surface area contributed by atoms with E-state index in [0.717, 1.165) is 26.7 Å². The van der Waals surface area contributed by atoms with Crippen molar-refractivity contribution in [2.24, 2.45) is 0 Å². The highest BCUT2D eigenvalue weighted by Crippen LogP contribution is 2.27. The van der Waals surface area contributed by atoms with Crippen LogP contribution >= 0.6 is 23.4 Å². The summed E-state index contributed by atoms with van der Waals surface area (Å²) in [7, 11) is -4.05. The molecule has 4 nitrogen and oxygen atoms in total. The van der Waals surface area contributed by atoms with Gasteiger partial charge < -0.3 is 0 Å². The molecule has 7 heteroatoms. The van der Waals surface area contributed by atoms with Gasteiger partial charge in [0.2, 0.25) is 0 Å². The molecule has 0 saturated carbocycles. The predicted octanol–water partition coefficient (Wildman–Crippen LogP) is 5.73. The fraction of sp³-hybridized carbons (Fsp3) is 0.174. The van der Waals surface area contributed by atoms with Gasteiger partial charge in [-0.2, -0.15) is 0 Å². The van der Waals surface area contributed by atoms with Crippen molar-refractivity contribution in [1.29, 1.82) is 0 Å². The topological polar surface area (TPSA) is 54.5 Å². The van der Waals surface area contributed by atoms with Crippen LogP contribution in [0, 0.1) is 6.92 Å². The maximum Gasteiger partial charge on any atom is 0.270 e. The number of sulfonamides is 1. The second kappa shape index (κ2) is 9.69. The Hall–Kier alpha value is -2.28. The van der Waals surface area contributed by atoms with Crippen molar-refractivity contribution in [1.82, 2.24) is 0 Å². The Balaban J connectivity index is 1.94. The van der Waals surface area contributed by atoms with Crippen LogP contribution in [0.1, 0.15) is 18.1 Å². The SMILES string of the molecule is CCc1ccc(N(C(=O)CSc2ccc(Cl)cc2)S(=O)(=O)c2ccc(C)cc2)cc1. The molecule has 0 aliphatic carbocycles. The zero-order valence-corrected chi connectivity index (χ0v) is 19.1. The molecule has 0 heterocycles. The van der Waals surface area contributed by atoms with Gasteiger partial charge in [-0.1, -0.05) is 48.4 Å². The van der Waals surface area contributed by atoms with E-state index in [9.17, 15) is 13.2 Å². The highest BCUT2D eigenvalue weighted by Gasteiger charge is 2.30. The van der Waals surface area contributed by atoms with Crippen molar-refractivity contribution in [3.63, 3.8) is 0 Å². The van der Waals surface area contributed by atoms with Gasteiger partial charge in [0, 0.05) is 9.92 Å². The molecule has 0 aliphatic rings. The van der Waals surface area contributed by atoms with Gasteiger partial charge in [-0.25, -0.2) is 12.7 Å². The Bertz CT molecular complexity index is 1110. The molecule has 0 aliphatic heterocycles. The maximum absolute atomic E-state index is 13.4. The summed E-state index contributed by atoms with van der Waals surface area (Å²) < 4.78 is 27.7. The molecule has 0 fully saturated rings. The lowest BCUT2D eigenvalue weighted by Gasteiger charge is -2.23. The first kappa shape index (κ1) is 22.4. The molecular formula is C23H22ClNO3S2. The van der Waals surface area contributed by atoms with Crippen LogP contribution in [0.15, 0.2) is 82.6 Å². The third-order valence-corrected chi connectivity index (χ3v) is 7.55. The number of halogens is 1. The summed E-state index contributed by atoms with van der Waals surface area (Å²) in [6.07, 6.45) is 0.825. The second-order valence-electron chi connectivity index (χ2n) is 6.74. The Morgan fingerprint density at radius 1 is 0.933 bits per heavy atom. The Morgan fingerprint density at radius 3 is 2.10 bits per heavy atom. The van der Waals surface area contributed by atoms with E-state index in [4.69, 9.17) is 11.6 Å². The van der Waals surface area contributed by atoms with Crippen molar-refractivity contribution in [2.45, 2.75) is 30.1 Å². The number of aryl methyl sites for hydroxylation is 2. The summed E-state index contributed by atoms with van der Waals surface area (Å²) in [4.78, 5) is 14.0. The molecule has 3 aromatic carbocycles. The molecule has 0 bridgehead atoms. The minimum atomic E-state index is -4.05. The van der Waals surface area contributed by atoms with E-state index in [1.165, 1.54) is 23.9 Å². The fourth-order valence-corrected chi connectivity index (χ4v) is 5.21. The third-order valence-electron chi connectivity index (χ3n) is 4.54. The van der Waals surface area contributed by atoms with Crippen molar-refractivity contribution < 1.29 is 13.2 Å². The van der Waals surface area contributed by atoms with Gasteiger partial charge in [0.05, 0.1) is 16.3 Å². The molecular weight excluding hydrogens is 438 g/mol. The number of amides is 1. The van der Waals surface area contributed by atoms with Crippen LogP contribution in [0.3, 0.4) is 0 Å². The van der Waals surface area contributed by atoms with E-state index in [1.54, 1.807) is 48.5 Å². The quantitative estimate of drug-likeness (QED) is 0.423. The number of benzene rings is 3.